The highest BCUT2D eigenvalue weighted by molar-refractivity contribution is 7.99. The average molecular weight is 242 g/mol. The minimum atomic E-state index is 0.478. The molecule has 1 N–H and O–H groups in total. The van der Waals surface area contributed by atoms with Crippen LogP contribution in [0, 0.1) is 5.41 Å². The van der Waals surface area contributed by atoms with E-state index in [-0.39, 0.29) is 0 Å². The first kappa shape index (κ1) is 12.7. The zero-order valence-corrected chi connectivity index (χ0v) is 11.8. The SMILES string of the molecule is CC1CN(CC2NCCCC2(C)C)CCS1. The predicted octanol–water partition coefficient (Wildman–Crippen LogP) is 2.20. The molecule has 2 aliphatic heterocycles. The molecule has 0 aliphatic carbocycles. The lowest BCUT2D eigenvalue weighted by atomic mass is 9.77. The molecule has 2 nitrogen and oxygen atoms in total. The molecule has 94 valence electrons. The second-order valence-corrected chi connectivity index (χ2v) is 7.59. The Labute approximate surface area is 105 Å². The third-order valence-corrected chi connectivity index (χ3v) is 5.23. The van der Waals surface area contributed by atoms with Gasteiger partial charge in [0.2, 0.25) is 0 Å². The summed E-state index contributed by atoms with van der Waals surface area (Å²) in [5.41, 5.74) is 0.478. The topological polar surface area (TPSA) is 15.3 Å². The first-order valence-electron chi connectivity index (χ1n) is 6.65. The molecule has 0 spiro atoms. The first-order valence-corrected chi connectivity index (χ1v) is 7.70. The van der Waals surface area contributed by atoms with Gasteiger partial charge in [-0.15, -0.1) is 0 Å². The highest BCUT2D eigenvalue weighted by Gasteiger charge is 2.33. The molecule has 0 amide bonds. The normalized spacial score (nSPS) is 36.2. The van der Waals surface area contributed by atoms with Crippen LogP contribution < -0.4 is 5.32 Å². The molecule has 2 atom stereocenters. The van der Waals surface area contributed by atoms with Crippen molar-refractivity contribution in [2.45, 2.75) is 44.9 Å². The highest BCUT2D eigenvalue weighted by atomic mass is 32.2. The number of nitrogens with zero attached hydrogens (tertiary/aromatic N) is 1. The fourth-order valence-corrected chi connectivity index (χ4v) is 3.98. The molecule has 2 fully saturated rings. The van der Waals surface area contributed by atoms with Crippen molar-refractivity contribution in [3.8, 4) is 0 Å². The summed E-state index contributed by atoms with van der Waals surface area (Å²) in [6.45, 7) is 12.2. The molecule has 0 saturated carbocycles. The van der Waals surface area contributed by atoms with Crippen LogP contribution in [0.2, 0.25) is 0 Å². The minimum absolute atomic E-state index is 0.478. The maximum absolute atomic E-state index is 3.72. The summed E-state index contributed by atoms with van der Waals surface area (Å²) in [7, 11) is 0. The molecule has 2 heterocycles. The molecule has 0 aromatic rings. The average Bonchev–Trinajstić information content (AvgIpc) is 2.21. The predicted molar refractivity (Wildman–Crippen MR) is 73.2 cm³/mol. The maximum atomic E-state index is 3.72. The summed E-state index contributed by atoms with van der Waals surface area (Å²) in [6.07, 6.45) is 2.72. The Morgan fingerprint density at radius 2 is 2.25 bits per heavy atom. The summed E-state index contributed by atoms with van der Waals surface area (Å²) < 4.78 is 0. The van der Waals surface area contributed by atoms with Gasteiger partial charge in [-0.05, 0) is 24.8 Å². The summed E-state index contributed by atoms with van der Waals surface area (Å²) in [4.78, 5) is 2.66. The molecule has 2 unspecified atom stereocenters. The van der Waals surface area contributed by atoms with Gasteiger partial charge in [0, 0.05) is 36.7 Å². The minimum Gasteiger partial charge on any atom is -0.312 e. The molecule has 0 bridgehead atoms. The molecule has 0 aromatic heterocycles. The van der Waals surface area contributed by atoms with Crippen molar-refractivity contribution in [2.24, 2.45) is 5.41 Å². The van der Waals surface area contributed by atoms with E-state index in [9.17, 15) is 0 Å². The van der Waals surface area contributed by atoms with E-state index < -0.39 is 0 Å². The molecule has 2 rings (SSSR count). The summed E-state index contributed by atoms with van der Waals surface area (Å²) >= 11 is 2.12. The Bertz CT molecular complexity index is 230. The van der Waals surface area contributed by atoms with Crippen molar-refractivity contribution in [3.63, 3.8) is 0 Å². The highest BCUT2D eigenvalue weighted by Crippen LogP contribution is 2.31. The first-order chi connectivity index (χ1) is 7.58. The van der Waals surface area contributed by atoms with E-state index >= 15 is 0 Å². The van der Waals surface area contributed by atoms with E-state index in [4.69, 9.17) is 0 Å². The van der Waals surface area contributed by atoms with E-state index in [0.29, 0.717) is 11.5 Å². The van der Waals surface area contributed by atoms with Gasteiger partial charge in [-0.3, -0.25) is 4.90 Å². The molecule has 0 radical (unpaired) electrons. The van der Waals surface area contributed by atoms with Crippen molar-refractivity contribution in [1.82, 2.24) is 10.2 Å². The van der Waals surface area contributed by atoms with Crippen LogP contribution >= 0.6 is 11.8 Å². The lowest BCUT2D eigenvalue weighted by Crippen LogP contribution is -2.54. The van der Waals surface area contributed by atoms with Gasteiger partial charge in [0.05, 0.1) is 0 Å². The van der Waals surface area contributed by atoms with Gasteiger partial charge in [-0.1, -0.05) is 20.8 Å². The third kappa shape index (κ3) is 3.14. The lowest BCUT2D eigenvalue weighted by Gasteiger charge is -2.43. The van der Waals surface area contributed by atoms with Gasteiger partial charge >= 0.3 is 0 Å². The second-order valence-electron chi connectivity index (χ2n) is 6.04. The van der Waals surface area contributed by atoms with Crippen LogP contribution in [0.5, 0.6) is 0 Å². The van der Waals surface area contributed by atoms with Crippen LogP contribution in [0.1, 0.15) is 33.6 Å². The van der Waals surface area contributed by atoms with E-state index in [0.717, 1.165) is 5.25 Å². The van der Waals surface area contributed by atoms with Crippen molar-refractivity contribution in [2.75, 3.05) is 31.9 Å². The van der Waals surface area contributed by atoms with Gasteiger partial charge in [0.15, 0.2) is 0 Å². The number of hydrogen-bond acceptors (Lipinski definition) is 3. The van der Waals surface area contributed by atoms with Crippen LogP contribution in [0.15, 0.2) is 0 Å². The van der Waals surface area contributed by atoms with E-state index in [1.807, 2.05) is 0 Å². The smallest absolute Gasteiger partial charge is 0.0246 e. The fraction of sp³-hybridized carbons (Fsp3) is 1.00. The number of rotatable bonds is 2. The molecular formula is C13H26N2S. The molecular weight excluding hydrogens is 216 g/mol. The summed E-state index contributed by atoms with van der Waals surface area (Å²) in [5.74, 6) is 1.31. The van der Waals surface area contributed by atoms with Crippen LogP contribution in [-0.2, 0) is 0 Å². The lowest BCUT2D eigenvalue weighted by molar-refractivity contribution is 0.128. The Morgan fingerprint density at radius 3 is 2.94 bits per heavy atom. The number of thioether (sulfide) groups is 1. The van der Waals surface area contributed by atoms with Crippen LogP contribution in [-0.4, -0.2) is 48.1 Å². The standard InChI is InChI=1S/C13H26N2S/c1-11-9-15(7-8-16-11)10-12-13(2,3)5-4-6-14-12/h11-12,14H,4-10H2,1-3H3. The van der Waals surface area contributed by atoms with Gasteiger partial charge in [0.1, 0.15) is 0 Å². The van der Waals surface area contributed by atoms with Gasteiger partial charge < -0.3 is 5.32 Å². The monoisotopic (exact) mass is 242 g/mol. The second kappa shape index (κ2) is 5.28. The van der Waals surface area contributed by atoms with Crippen molar-refractivity contribution in [1.29, 1.82) is 0 Å². The van der Waals surface area contributed by atoms with E-state index in [1.54, 1.807) is 0 Å². The zero-order valence-electron chi connectivity index (χ0n) is 11.0. The summed E-state index contributed by atoms with van der Waals surface area (Å²) in [5, 5.41) is 4.54. The van der Waals surface area contributed by atoms with E-state index in [2.05, 4.69) is 42.7 Å². The number of hydrogen-bond donors (Lipinski definition) is 1. The number of nitrogens with one attached hydrogen (secondary N) is 1. The summed E-state index contributed by atoms with van der Waals surface area (Å²) in [6, 6.07) is 0.691. The van der Waals surface area contributed by atoms with Crippen molar-refractivity contribution >= 4 is 11.8 Å². The van der Waals surface area contributed by atoms with Crippen LogP contribution in [0.3, 0.4) is 0 Å². The Balaban J connectivity index is 1.87. The van der Waals surface area contributed by atoms with Gasteiger partial charge in [0.25, 0.3) is 0 Å². The molecule has 3 heteroatoms. The molecule has 16 heavy (non-hydrogen) atoms. The Kier molecular flexibility index (Phi) is 4.20. The fourth-order valence-electron chi connectivity index (χ4n) is 2.90. The maximum Gasteiger partial charge on any atom is 0.0246 e. The Morgan fingerprint density at radius 1 is 1.44 bits per heavy atom. The zero-order chi connectivity index (χ0) is 11.6. The third-order valence-electron chi connectivity index (χ3n) is 4.10. The number of piperidine rings is 1. The van der Waals surface area contributed by atoms with Crippen LogP contribution in [0.25, 0.3) is 0 Å². The van der Waals surface area contributed by atoms with E-state index in [1.165, 1.54) is 44.8 Å². The van der Waals surface area contributed by atoms with Crippen LogP contribution in [0.4, 0.5) is 0 Å². The molecule has 2 saturated heterocycles. The molecule has 2 aliphatic rings. The van der Waals surface area contributed by atoms with Crippen molar-refractivity contribution in [3.05, 3.63) is 0 Å². The van der Waals surface area contributed by atoms with Crippen molar-refractivity contribution < 1.29 is 0 Å². The largest absolute Gasteiger partial charge is 0.312 e. The molecule has 0 aromatic carbocycles. The van der Waals surface area contributed by atoms with Gasteiger partial charge in [-0.25, -0.2) is 0 Å². The quantitative estimate of drug-likeness (QED) is 0.799. The van der Waals surface area contributed by atoms with Gasteiger partial charge in [-0.2, -0.15) is 11.8 Å². The Hall–Kier alpha value is 0.270.